The molecule has 32 heavy (non-hydrogen) atoms. The minimum Gasteiger partial charge on any atom is -0.497 e. The van der Waals surface area contributed by atoms with Gasteiger partial charge in [0.05, 0.1) is 32.3 Å². The summed E-state index contributed by atoms with van der Waals surface area (Å²) in [6.45, 7) is 4.84. The van der Waals surface area contributed by atoms with Crippen molar-refractivity contribution in [1.29, 1.82) is 0 Å². The first kappa shape index (κ1) is 22.1. The van der Waals surface area contributed by atoms with Crippen LogP contribution >= 0.6 is 0 Å². The second-order valence-corrected chi connectivity index (χ2v) is 8.45. The smallest absolute Gasteiger partial charge is 0.322 e. The molecule has 2 heterocycles. The fraction of sp³-hybridized carbons (Fsp3) is 0.440. The largest absolute Gasteiger partial charge is 0.497 e. The SMILES string of the molecule is COc1ccc(NC(=O)N2CC(C(=O)N3CCOCC3)CCC2c2cccc(C)c2)cc1. The van der Waals surface area contributed by atoms with Crippen LogP contribution in [0.3, 0.4) is 0 Å². The van der Waals surface area contributed by atoms with Gasteiger partial charge in [-0.2, -0.15) is 0 Å². The van der Waals surface area contributed by atoms with Crippen LogP contribution in [0.2, 0.25) is 0 Å². The van der Waals surface area contributed by atoms with Crippen LogP contribution in [0.1, 0.15) is 30.0 Å². The first-order valence-electron chi connectivity index (χ1n) is 11.2. The van der Waals surface area contributed by atoms with E-state index >= 15 is 0 Å². The summed E-state index contributed by atoms with van der Waals surface area (Å²) in [4.78, 5) is 30.2. The van der Waals surface area contributed by atoms with Crippen LogP contribution in [0.5, 0.6) is 5.75 Å². The number of likely N-dealkylation sites (tertiary alicyclic amines) is 1. The van der Waals surface area contributed by atoms with Crippen LogP contribution in [0.15, 0.2) is 48.5 Å². The van der Waals surface area contributed by atoms with Crippen molar-refractivity contribution in [3.05, 3.63) is 59.7 Å². The molecule has 4 rings (SSSR count). The minimum atomic E-state index is -0.198. The Labute approximate surface area is 189 Å². The first-order chi connectivity index (χ1) is 15.5. The molecule has 0 bridgehead atoms. The van der Waals surface area contributed by atoms with Gasteiger partial charge in [-0.25, -0.2) is 4.79 Å². The van der Waals surface area contributed by atoms with Crippen molar-refractivity contribution in [2.24, 2.45) is 5.92 Å². The lowest BCUT2D eigenvalue weighted by Crippen LogP contribution is -2.51. The zero-order chi connectivity index (χ0) is 22.5. The molecule has 0 aliphatic carbocycles. The van der Waals surface area contributed by atoms with Crippen molar-refractivity contribution in [2.75, 3.05) is 45.3 Å². The number of carbonyl (C=O) groups excluding carboxylic acids is 2. The third kappa shape index (κ3) is 5.05. The predicted molar refractivity (Wildman–Crippen MR) is 123 cm³/mol. The van der Waals surface area contributed by atoms with Crippen molar-refractivity contribution in [3.63, 3.8) is 0 Å². The number of nitrogens with one attached hydrogen (secondary N) is 1. The van der Waals surface area contributed by atoms with E-state index in [4.69, 9.17) is 9.47 Å². The van der Waals surface area contributed by atoms with Crippen molar-refractivity contribution in [1.82, 2.24) is 9.80 Å². The molecule has 0 saturated carbocycles. The normalized spacial score (nSPS) is 21.2. The van der Waals surface area contributed by atoms with E-state index < -0.39 is 0 Å². The molecule has 1 N–H and O–H groups in total. The number of amides is 3. The Morgan fingerprint density at radius 2 is 1.81 bits per heavy atom. The van der Waals surface area contributed by atoms with E-state index in [1.165, 1.54) is 0 Å². The number of hydrogen-bond donors (Lipinski definition) is 1. The molecule has 7 heteroatoms. The number of rotatable bonds is 4. The van der Waals surface area contributed by atoms with Crippen molar-refractivity contribution in [2.45, 2.75) is 25.8 Å². The van der Waals surface area contributed by atoms with Gasteiger partial charge in [0.15, 0.2) is 0 Å². The van der Waals surface area contributed by atoms with E-state index in [0.717, 1.165) is 29.7 Å². The zero-order valence-corrected chi connectivity index (χ0v) is 18.8. The number of hydrogen-bond acceptors (Lipinski definition) is 4. The number of urea groups is 1. The van der Waals surface area contributed by atoms with E-state index in [1.807, 2.05) is 40.1 Å². The highest BCUT2D eigenvalue weighted by atomic mass is 16.5. The Morgan fingerprint density at radius 3 is 2.50 bits per heavy atom. The molecule has 0 spiro atoms. The monoisotopic (exact) mass is 437 g/mol. The molecule has 2 aliphatic heterocycles. The van der Waals surface area contributed by atoms with Crippen LogP contribution in [0, 0.1) is 12.8 Å². The summed E-state index contributed by atoms with van der Waals surface area (Å²) in [5.74, 6) is 0.656. The molecule has 2 aromatic carbocycles. The van der Waals surface area contributed by atoms with Crippen LogP contribution < -0.4 is 10.1 Å². The fourth-order valence-corrected chi connectivity index (χ4v) is 4.53. The molecular weight excluding hydrogens is 406 g/mol. The van der Waals surface area contributed by atoms with Gasteiger partial charge in [-0.3, -0.25) is 4.79 Å². The standard InChI is InChI=1S/C25H31N3O4/c1-18-4-3-5-19(16-18)23-11-6-20(24(29)27-12-14-32-15-13-27)17-28(23)25(30)26-21-7-9-22(31-2)10-8-21/h3-5,7-10,16,20,23H,6,11-15,17H2,1-2H3,(H,26,30). The lowest BCUT2D eigenvalue weighted by molar-refractivity contribution is -0.141. The highest BCUT2D eigenvalue weighted by molar-refractivity contribution is 5.90. The van der Waals surface area contributed by atoms with E-state index in [1.54, 1.807) is 7.11 Å². The predicted octanol–water partition coefficient (Wildman–Crippen LogP) is 3.85. The second-order valence-electron chi connectivity index (χ2n) is 8.45. The lowest BCUT2D eigenvalue weighted by atomic mass is 9.88. The number of benzene rings is 2. The van der Waals surface area contributed by atoms with E-state index in [2.05, 4.69) is 30.4 Å². The number of piperidine rings is 1. The summed E-state index contributed by atoms with van der Waals surface area (Å²) in [6.07, 6.45) is 1.52. The van der Waals surface area contributed by atoms with Crippen LogP contribution in [0.25, 0.3) is 0 Å². The molecule has 3 amide bonds. The lowest BCUT2D eigenvalue weighted by Gasteiger charge is -2.41. The molecule has 7 nitrogen and oxygen atoms in total. The minimum absolute atomic E-state index is 0.0677. The van der Waals surface area contributed by atoms with Gasteiger partial charge in [-0.15, -0.1) is 0 Å². The summed E-state index contributed by atoms with van der Waals surface area (Å²) in [7, 11) is 1.61. The number of anilines is 1. The summed E-state index contributed by atoms with van der Waals surface area (Å²) in [5, 5.41) is 3.00. The number of morpholine rings is 1. The molecule has 2 fully saturated rings. The fourth-order valence-electron chi connectivity index (χ4n) is 4.53. The Morgan fingerprint density at radius 1 is 1.06 bits per heavy atom. The van der Waals surface area contributed by atoms with Gasteiger partial charge < -0.3 is 24.6 Å². The highest BCUT2D eigenvalue weighted by Crippen LogP contribution is 2.35. The highest BCUT2D eigenvalue weighted by Gasteiger charge is 2.37. The Balaban J connectivity index is 1.54. The number of carbonyl (C=O) groups is 2. The quantitative estimate of drug-likeness (QED) is 0.789. The third-order valence-corrected chi connectivity index (χ3v) is 6.28. The van der Waals surface area contributed by atoms with Crippen molar-refractivity contribution < 1.29 is 19.1 Å². The topological polar surface area (TPSA) is 71.1 Å². The average Bonchev–Trinajstić information content (AvgIpc) is 2.84. The maximum absolute atomic E-state index is 13.4. The van der Waals surface area contributed by atoms with Gasteiger partial charge in [0.1, 0.15) is 5.75 Å². The molecular formula is C25H31N3O4. The van der Waals surface area contributed by atoms with Crippen molar-refractivity contribution >= 4 is 17.6 Å². The van der Waals surface area contributed by atoms with Gasteiger partial charge in [-0.1, -0.05) is 29.8 Å². The van der Waals surface area contributed by atoms with Gasteiger partial charge in [-0.05, 0) is 49.6 Å². The molecule has 0 aromatic heterocycles. The maximum Gasteiger partial charge on any atom is 0.322 e. The number of nitrogens with zero attached hydrogens (tertiary/aromatic N) is 2. The second kappa shape index (κ2) is 10.0. The summed E-state index contributed by atoms with van der Waals surface area (Å²) >= 11 is 0. The van der Waals surface area contributed by atoms with Crippen molar-refractivity contribution in [3.8, 4) is 5.75 Å². The van der Waals surface area contributed by atoms with E-state index in [9.17, 15) is 9.59 Å². The summed E-state index contributed by atoms with van der Waals surface area (Å²) in [6, 6.07) is 15.3. The maximum atomic E-state index is 13.4. The molecule has 2 aromatic rings. The molecule has 0 radical (unpaired) electrons. The first-order valence-corrected chi connectivity index (χ1v) is 11.2. The molecule has 2 aliphatic rings. The Kier molecular flexibility index (Phi) is 6.95. The summed E-state index contributed by atoms with van der Waals surface area (Å²) in [5.41, 5.74) is 2.96. The number of methoxy groups -OCH3 is 1. The number of ether oxygens (including phenoxy) is 2. The van der Waals surface area contributed by atoms with Gasteiger partial charge in [0, 0.05) is 25.3 Å². The van der Waals surface area contributed by atoms with Gasteiger partial charge >= 0.3 is 6.03 Å². The Hall–Kier alpha value is -3.06. The third-order valence-electron chi connectivity index (χ3n) is 6.28. The van der Waals surface area contributed by atoms with E-state index in [-0.39, 0.29) is 23.9 Å². The van der Waals surface area contributed by atoms with E-state index in [0.29, 0.717) is 38.5 Å². The van der Waals surface area contributed by atoms with Crippen LogP contribution in [-0.4, -0.2) is 61.7 Å². The molecule has 170 valence electrons. The number of aryl methyl sites for hydroxylation is 1. The summed E-state index contributed by atoms with van der Waals surface area (Å²) < 4.78 is 10.6. The van der Waals surface area contributed by atoms with Gasteiger partial charge in [0.2, 0.25) is 5.91 Å². The molecule has 2 unspecified atom stereocenters. The average molecular weight is 438 g/mol. The Bertz CT molecular complexity index is 940. The molecule has 2 atom stereocenters. The van der Waals surface area contributed by atoms with Gasteiger partial charge in [0.25, 0.3) is 0 Å². The zero-order valence-electron chi connectivity index (χ0n) is 18.8. The van der Waals surface area contributed by atoms with Crippen LogP contribution in [0.4, 0.5) is 10.5 Å². The van der Waals surface area contributed by atoms with Crippen LogP contribution in [-0.2, 0) is 9.53 Å². The molecule has 2 saturated heterocycles.